The Morgan fingerprint density at radius 3 is 2.75 bits per heavy atom. The van der Waals surface area contributed by atoms with Gasteiger partial charge in [-0.1, -0.05) is 29.3 Å². The van der Waals surface area contributed by atoms with Crippen LogP contribution in [-0.4, -0.2) is 12.6 Å². The van der Waals surface area contributed by atoms with E-state index in [9.17, 15) is 4.79 Å². The number of carbonyl (C=O) groups is 1. The van der Waals surface area contributed by atoms with Gasteiger partial charge in [0.2, 0.25) is 0 Å². The first kappa shape index (κ1) is 16.4. The van der Waals surface area contributed by atoms with Gasteiger partial charge in [0.25, 0.3) is 0 Å². The van der Waals surface area contributed by atoms with Gasteiger partial charge in [0.15, 0.2) is 0 Å². The summed E-state index contributed by atoms with van der Waals surface area (Å²) >= 11 is 11.7. The highest BCUT2D eigenvalue weighted by molar-refractivity contribution is 6.42. The van der Waals surface area contributed by atoms with E-state index in [0.29, 0.717) is 22.2 Å². The van der Waals surface area contributed by atoms with Crippen LogP contribution < -0.4 is 5.73 Å². The van der Waals surface area contributed by atoms with E-state index in [4.69, 9.17) is 38.9 Å². The molecule has 0 aliphatic rings. The molecule has 0 heterocycles. The molecular formula is C14H14Cl2N2O2. The normalized spacial score (nSPS) is 12.6. The molecular weight excluding hydrogens is 299 g/mol. The fraction of sp³-hybridized carbons (Fsp3) is 0.286. The van der Waals surface area contributed by atoms with E-state index in [0.717, 1.165) is 5.56 Å². The van der Waals surface area contributed by atoms with Crippen molar-refractivity contribution in [2.75, 3.05) is 6.61 Å². The average Bonchev–Trinajstić information content (AvgIpc) is 2.37. The van der Waals surface area contributed by atoms with Crippen LogP contribution in [-0.2, 0) is 9.53 Å². The lowest BCUT2D eigenvalue weighted by Crippen LogP contribution is -2.08. The zero-order chi connectivity index (χ0) is 15.1. The highest BCUT2D eigenvalue weighted by Crippen LogP contribution is 2.27. The van der Waals surface area contributed by atoms with Crippen molar-refractivity contribution >= 4 is 29.2 Å². The van der Waals surface area contributed by atoms with Crippen LogP contribution in [0, 0.1) is 11.3 Å². The summed E-state index contributed by atoms with van der Waals surface area (Å²) in [5.41, 5.74) is 6.46. The maximum atomic E-state index is 11.3. The summed E-state index contributed by atoms with van der Waals surface area (Å²) in [7, 11) is 0. The van der Waals surface area contributed by atoms with Crippen molar-refractivity contribution in [2.24, 2.45) is 5.73 Å². The van der Waals surface area contributed by atoms with Crippen LogP contribution in [0.5, 0.6) is 0 Å². The number of nitrogens with two attached hydrogens (primary N) is 1. The van der Waals surface area contributed by atoms with Gasteiger partial charge in [0, 0.05) is 18.2 Å². The molecule has 0 saturated heterocycles. The van der Waals surface area contributed by atoms with E-state index >= 15 is 0 Å². The second-order valence-corrected chi connectivity index (χ2v) is 5.01. The highest BCUT2D eigenvalue weighted by atomic mass is 35.5. The number of allylic oxidation sites excluding steroid dienone is 1. The van der Waals surface area contributed by atoms with Crippen LogP contribution in [0.2, 0.25) is 10.0 Å². The molecule has 1 atom stereocenters. The lowest BCUT2D eigenvalue weighted by atomic mass is 9.98. The van der Waals surface area contributed by atoms with Crippen molar-refractivity contribution < 1.29 is 9.53 Å². The number of carbonyl (C=O) groups excluding carboxylic acids is 1. The second kappa shape index (κ2) is 7.78. The van der Waals surface area contributed by atoms with Crippen molar-refractivity contribution in [2.45, 2.75) is 19.3 Å². The number of halogens is 2. The predicted octanol–water partition coefficient (Wildman–Crippen LogP) is 3.40. The van der Waals surface area contributed by atoms with E-state index < -0.39 is 11.9 Å². The monoisotopic (exact) mass is 312 g/mol. The molecule has 0 amide bonds. The van der Waals surface area contributed by atoms with E-state index in [2.05, 4.69) is 6.07 Å². The predicted molar refractivity (Wildman–Crippen MR) is 78.3 cm³/mol. The number of hydrogen-bond acceptors (Lipinski definition) is 4. The molecule has 0 saturated carbocycles. The summed E-state index contributed by atoms with van der Waals surface area (Å²) in [5, 5.41) is 9.98. The minimum Gasteiger partial charge on any atom is -0.462 e. The van der Waals surface area contributed by atoms with Crippen molar-refractivity contribution in [1.82, 2.24) is 0 Å². The summed E-state index contributed by atoms with van der Waals surface area (Å²) in [6.45, 7) is 1.72. The quantitative estimate of drug-likeness (QED) is 0.667. The average molecular weight is 313 g/mol. The number of benzene rings is 1. The molecule has 0 aliphatic heterocycles. The van der Waals surface area contributed by atoms with Gasteiger partial charge >= 0.3 is 5.97 Å². The Bertz CT molecular complexity index is 561. The second-order valence-electron chi connectivity index (χ2n) is 4.20. The lowest BCUT2D eigenvalue weighted by molar-refractivity contribution is -0.137. The molecule has 20 heavy (non-hydrogen) atoms. The molecule has 0 radical (unpaired) electrons. The van der Waals surface area contributed by atoms with E-state index in [1.165, 1.54) is 6.08 Å². The zero-order valence-electron chi connectivity index (χ0n) is 10.9. The number of nitrogens with zero attached hydrogens (tertiary/aromatic N) is 1. The van der Waals surface area contributed by atoms with E-state index in [-0.39, 0.29) is 6.61 Å². The van der Waals surface area contributed by atoms with Crippen LogP contribution >= 0.6 is 23.2 Å². The lowest BCUT2D eigenvalue weighted by Gasteiger charge is -2.10. The van der Waals surface area contributed by atoms with Crippen molar-refractivity contribution in [1.29, 1.82) is 5.26 Å². The van der Waals surface area contributed by atoms with Crippen LogP contribution in [0.25, 0.3) is 0 Å². The maximum absolute atomic E-state index is 11.3. The standard InChI is InChI=1S/C14H14Cl2N2O2/c1-9(18)6-14(19)20-5-4-11(8-17)10-2-3-12(15)13(16)7-10/h2-3,6-7,11H,4-5,18H2,1H3/b9-6-. The molecule has 4 nitrogen and oxygen atoms in total. The van der Waals surface area contributed by atoms with Gasteiger partial charge in [-0.3, -0.25) is 0 Å². The van der Waals surface area contributed by atoms with Crippen molar-refractivity contribution in [3.63, 3.8) is 0 Å². The Labute approximate surface area is 127 Å². The first-order chi connectivity index (χ1) is 9.43. The molecule has 1 unspecified atom stereocenters. The zero-order valence-corrected chi connectivity index (χ0v) is 12.4. The van der Waals surface area contributed by atoms with Gasteiger partial charge in [-0.05, 0) is 24.6 Å². The minimum absolute atomic E-state index is 0.126. The smallest absolute Gasteiger partial charge is 0.332 e. The number of rotatable bonds is 5. The first-order valence-electron chi connectivity index (χ1n) is 5.89. The SMILES string of the molecule is C/C(N)=C/C(=O)OCCC(C#N)c1ccc(Cl)c(Cl)c1. The Kier molecular flexibility index (Phi) is 6.37. The molecule has 6 heteroatoms. The number of esters is 1. The maximum Gasteiger partial charge on any atom is 0.332 e. The van der Waals surface area contributed by atoms with Gasteiger partial charge in [-0.15, -0.1) is 0 Å². The fourth-order valence-electron chi connectivity index (χ4n) is 1.54. The molecule has 0 fully saturated rings. The van der Waals surface area contributed by atoms with Crippen molar-refractivity contribution in [3.8, 4) is 6.07 Å². The van der Waals surface area contributed by atoms with Gasteiger partial charge in [0.05, 0.1) is 28.6 Å². The van der Waals surface area contributed by atoms with E-state index in [1.807, 2.05) is 0 Å². The fourth-order valence-corrected chi connectivity index (χ4v) is 1.85. The van der Waals surface area contributed by atoms with Crippen molar-refractivity contribution in [3.05, 3.63) is 45.6 Å². The van der Waals surface area contributed by atoms with Gasteiger partial charge < -0.3 is 10.5 Å². The molecule has 0 spiro atoms. The Morgan fingerprint density at radius 1 is 1.50 bits per heavy atom. The van der Waals surface area contributed by atoms with Gasteiger partial charge in [0.1, 0.15) is 0 Å². The first-order valence-corrected chi connectivity index (χ1v) is 6.64. The van der Waals surface area contributed by atoms with Crippen LogP contribution in [0.4, 0.5) is 0 Å². The van der Waals surface area contributed by atoms with Crippen LogP contribution in [0.3, 0.4) is 0 Å². The molecule has 1 aromatic carbocycles. The van der Waals surface area contributed by atoms with Gasteiger partial charge in [-0.2, -0.15) is 5.26 Å². The Hall–Kier alpha value is -1.70. The molecule has 2 N–H and O–H groups in total. The minimum atomic E-state index is -0.518. The van der Waals surface area contributed by atoms with Crippen LogP contribution in [0.15, 0.2) is 30.0 Å². The summed E-state index contributed by atoms with van der Waals surface area (Å²) in [6, 6.07) is 7.15. The topological polar surface area (TPSA) is 76.1 Å². The number of hydrogen-bond donors (Lipinski definition) is 1. The summed E-state index contributed by atoms with van der Waals surface area (Å²) in [6.07, 6.45) is 1.57. The third-order valence-electron chi connectivity index (χ3n) is 2.50. The highest BCUT2D eigenvalue weighted by Gasteiger charge is 2.13. The number of ether oxygens (including phenoxy) is 1. The summed E-state index contributed by atoms with van der Waals surface area (Å²) in [4.78, 5) is 11.3. The molecule has 0 bridgehead atoms. The molecule has 106 valence electrons. The molecule has 1 rings (SSSR count). The molecule has 1 aromatic rings. The Balaban J connectivity index is 2.60. The molecule has 0 aromatic heterocycles. The number of nitriles is 1. The van der Waals surface area contributed by atoms with E-state index in [1.54, 1.807) is 25.1 Å². The largest absolute Gasteiger partial charge is 0.462 e. The van der Waals surface area contributed by atoms with Crippen LogP contribution in [0.1, 0.15) is 24.8 Å². The molecule has 0 aliphatic carbocycles. The third-order valence-corrected chi connectivity index (χ3v) is 3.24. The summed E-state index contributed by atoms with van der Waals surface area (Å²) < 4.78 is 4.96. The third kappa shape index (κ3) is 5.12. The van der Waals surface area contributed by atoms with Gasteiger partial charge in [-0.25, -0.2) is 4.79 Å². The Morgan fingerprint density at radius 2 is 2.20 bits per heavy atom. The summed E-state index contributed by atoms with van der Waals surface area (Å²) in [5.74, 6) is -0.934.